The van der Waals surface area contributed by atoms with Gasteiger partial charge in [0.05, 0.1) is 18.4 Å². The lowest BCUT2D eigenvalue weighted by Gasteiger charge is -2.14. The minimum Gasteiger partial charge on any atom is -0.483 e. The van der Waals surface area contributed by atoms with Gasteiger partial charge in [-0.2, -0.15) is 0 Å². The SMILES string of the molecule is COC(=O)c1ccsc1NC(=O)CSc1nnc(C(C)Oc2ccccc2)n1C. The molecule has 10 heteroatoms. The fraction of sp³-hybridized carbons (Fsp3) is 0.263. The highest BCUT2D eigenvalue weighted by atomic mass is 32.2. The highest BCUT2D eigenvalue weighted by Gasteiger charge is 2.19. The number of amides is 1. The van der Waals surface area contributed by atoms with Gasteiger partial charge in [0.25, 0.3) is 0 Å². The van der Waals surface area contributed by atoms with Crippen molar-refractivity contribution in [3.05, 3.63) is 53.2 Å². The molecule has 152 valence electrons. The largest absolute Gasteiger partial charge is 0.483 e. The maximum atomic E-state index is 12.3. The number of rotatable bonds is 8. The van der Waals surface area contributed by atoms with E-state index in [0.29, 0.717) is 21.5 Å². The van der Waals surface area contributed by atoms with Crippen molar-refractivity contribution >= 4 is 40.0 Å². The van der Waals surface area contributed by atoms with Crippen molar-refractivity contribution in [2.24, 2.45) is 7.05 Å². The summed E-state index contributed by atoms with van der Waals surface area (Å²) < 4.78 is 12.4. The zero-order valence-corrected chi connectivity index (χ0v) is 17.8. The number of anilines is 1. The van der Waals surface area contributed by atoms with Crippen LogP contribution in [0.4, 0.5) is 5.00 Å². The number of para-hydroxylation sites is 1. The zero-order chi connectivity index (χ0) is 20.8. The quantitative estimate of drug-likeness (QED) is 0.430. The van der Waals surface area contributed by atoms with Gasteiger partial charge in [0, 0.05) is 7.05 Å². The Morgan fingerprint density at radius 3 is 2.72 bits per heavy atom. The van der Waals surface area contributed by atoms with Crippen LogP contribution in [-0.4, -0.2) is 39.5 Å². The van der Waals surface area contributed by atoms with Gasteiger partial charge in [-0.1, -0.05) is 30.0 Å². The monoisotopic (exact) mass is 432 g/mol. The number of hydrogen-bond donors (Lipinski definition) is 1. The first-order valence-corrected chi connectivity index (χ1v) is 10.6. The molecular formula is C19H20N4O4S2. The molecule has 0 radical (unpaired) electrons. The molecule has 1 N–H and O–H groups in total. The van der Waals surface area contributed by atoms with Crippen molar-refractivity contribution in [2.75, 3.05) is 18.2 Å². The van der Waals surface area contributed by atoms with Crippen molar-refractivity contribution < 1.29 is 19.1 Å². The second kappa shape index (κ2) is 9.57. The molecule has 0 fully saturated rings. The maximum absolute atomic E-state index is 12.3. The van der Waals surface area contributed by atoms with Gasteiger partial charge >= 0.3 is 5.97 Å². The van der Waals surface area contributed by atoms with Gasteiger partial charge in [-0.25, -0.2) is 4.79 Å². The van der Waals surface area contributed by atoms with E-state index in [0.717, 1.165) is 5.75 Å². The molecule has 0 saturated carbocycles. The Hall–Kier alpha value is -2.85. The number of esters is 1. The van der Waals surface area contributed by atoms with E-state index in [1.165, 1.54) is 30.2 Å². The average Bonchev–Trinajstić information content (AvgIpc) is 3.33. The topological polar surface area (TPSA) is 95.3 Å². The summed E-state index contributed by atoms with van der Waals surface area (Å²) in [5.74, 6) is 0.788. The number of benzene rings is 1. The second-order valence-corrected chi connectivity index (χ2v) is 7.82. The molecule has 3 aromatic rings. The number of thioether (sulfide) groups is 1. The predicted octanol–water partition coefficient (Wildman–Crippen LogP) is 3.53. The lowest BCUT2D eigenvalue weighted by Crippen LogP contribution is -2.16. The summed E-state index contributed by atoms with van der Waals surface area (Å²) in [6, 6.07) is 11.1. The van der Waals surface area contributed by atoms with Gasteiger partial charge in [-0.15, -0.1) is 21.5 Å². The number of hydrogen-bond acceptors (Lipinski definition) is 8. The summed E-state index contributed by atoms with van der Waals surface area (Å²) in [6.07, 6.45) is -0.299. The lowest BCUT2D eigenvalue weighted by atomic mass is 10.3. The van der Waals surface area contributed by atoms with Crippen molar-refractivity contribution in [1.82, 2.24) is 14.8 Å². The Labute approximate surface area is 176 Å². The van der Waals surface area contributed by atoms with Gasteiger partial charge in [-0.3, -0.25) is 4.79 Å². The molecule has 1 aromatic carbocycles. The molecule has 0 bridgehead atoms. The molecule has 2 heterocycles. The molecule has 0 spiro atoms. The van der Waals surface area contributed by atoms with Crippen LogP contribution in [0.2, 0.25) is 0 Å². The fourth-order valence-corrected chi connectivity index (χ4v) is 4.04. The van der Waals surface area contributed by atoms with Crippen molar-refractivity contribution in [1.29, 1.82) is 0 Å². The first-order valence-electron chi connectivity index (χ1n) is 8.69. The van der Waals surface area contributed by atoms with Gasteiger partial charge in [0.1, 0.15) is 10.8 Å². The van der Waals surface area contributed by atoms with Crippen molar-refractivity contribution in [2.45, 2.75) is 18.2 Å². The highest BCUT2D eigenvalue weighted by Crippen LogP contribution is 2.26. The Kier molecular flexibility index (Phi) is 6.89. The third-order valence-electron chi connectivity index (χ3n) is 3.94. The molecule has 1 amide bonds. The van der Waals surface area contributed by atoms with E-state index in [2.05, 4.69) is 15.5 Å². The van der Waals surface area contributed by atoms with Gasteiger partial charge in [-0.05, 0) is 30.5 Å². The summed E-state index contributed by atoms with van der Waals surface area (Å²) in [7, 11) is 3.13. The third-order valence-corrected chi connectivity index (χ3v) is 5.79. The van der Waals surface area contributed by atoms with Gasteiger partial charge in [0.2, 0.25) is 5.91 Å². The van der Waals surface area contributed by atoms with Gasteiger partial charge in [0.15, 0.2) is 17.1 Å². The smallest absolute Gasteiger partial charge is 0.340 e. The van der Waals surface area contributed by atoms with Crippen molar-refractivity contribution in [3.63, 3.8) is 0 Å². The van der Waals surface area contributed by atoms with E-state index in [1.807, 2.05) is 44.3 Å². The first kappa shape index (κ1) is 20.9. The van der Waals surface area contributed by atoms with Crippen LogP contribution in [0.25, 0.3) is 0 Å². The molecule has 1 atom stereocenters. The molecule has 8 nitrogen and oxygen atoms in total. The van der Waals surface area contributed by atoms with Crippen LogP contribution < -0.4 is 10.1 Å². The van der Waals surface area contributed by atoms with Crippen LogP contribution >= 0.6 is 23.1 Å². The number of carbonyl (C=O) groups is 2. The van der Waals surface area contributed by atoms with E-state index >= 15 is 0 Å². The van der Waals surface area contributed by atoms with E-state index in [9.17, 15) is 9.59 Å². The first-order chi connectivity index (χ1) is 14.0. The van der Waals surface area contributed by atoms with E-state index < -0.39 is 5.97 Å². The minimum absolute atomic E-state index is 0.123. The predicted molar refractivity (Wildman–Crippen MR) is 112 cm³/mol. The summed E-state index contributed by atoms with van der Waals surface area (Å²) in [5, 5.41) is 13.9. The van der Waals surface area contributed by atoms with Crippen LogP contribution in [0.3, 0.4) is 0 Å². The molecule has 1 unspecified atom stereocenters. The lowest BCUT2D eigenvalue weighted by molar-refractivity contribution is -0.113. The summed E-state index contributed by atoms with van der Waals surface area (Å²) in [5.41, 5.74) is 0.337. The van der Waals surface area contributed by atoms with Crippen LogP contribution in [0.1, 0.15) is 29.2 Å². The summed E-state index contributed by atoms with van der Waals surface area (Å²) in [4.78, 5) is 24.0. The number of nitrogens with one attached hydrogen (secondary N) is 1. The highest BCUT2D eigenvalue weighted by molar-refractivity contribution is 7.99. The van der Waals surface area contributed by atoms with E-state index in [1.54, 1.807) is 16.0 Å². The van der Waals surface area contributed by atoms with Crippen molar-refractivity contribution in [3.8, 4) is 5.75 Å². The Morgan fingerprint density at radius 1 is 1.24 bits per heavy atom. The zero-order valence-electron chi connectivity index (χ0n) is 16.1. The molecular weight excluding hydrogens is 412 g/mol. The van der Waals surface area contributed by atoms with Crippen LogP contribution in [-0.2, 0) is 16.6 Å². The molecule has 0 saturated heterocycles. The normalized spacial score (nSPS) is 11.7. The van der Waals surface area contributed by atoms with Crippen LogP contribution in [0.5, 0.6) is 5.75 Å². The second-order valence-electron chi connectivity index (χ2n) is 5.96. The molecule has 2 aromatic heterocycles. The van der Waals surface area contributed by atoms with Crippen LogP contribution in [0.15, 0.2) is 46.9 Å². The molecule has 29 heavy (non-hydrogen) atoms. The number of nitrogens with zero attached hydrogens (tertiary/aromatic N) is 3. The summed E-state index contributed by atoms with van der Waals surface area (Å²) in [6.45, 7) is 1.89. The summed E-state index contributed by atoms with van der Waals surface area (Å²) >= 11 is 2.52. The third kappa shape index (κ3) is 5.15. The maximum Gasteiger partial charge on any atom is 0.340 e. The van der Waals surface area contributed by atoms with E-state index in [4.69, 9.17) is 9.47 Å². The van der Waals surface area contributed by atoms with Gasteiger partial charge < -0.3 is 19.4 Å². The number of ether oxygens (including phenoxy) is 2. The van der Waals surface area contributed by atoms with E-state index in [-0.39, 0.29) is 17.8 Å². The Balaban J connectivity index is 1.58. The number of carbonyl (C=O) groups excluding carboxylic acids is 2. The Bertz CT molecular complexity index is 987. The Morgan fingerprint density at radius 2 is 2.00 bits per heavy atom. The number of thiophene rings is 1. The number of methoxy groups -OCH3 is 1. The average molecular weight is 433 g/mol. The minimum atomic E-state index is -0.487. The fourth-order valence-electron chi connectivity index (χ4n) is 2.53. The molecule has 3 rings (SSSR count). The standard InChI is InChI=1S/C19H20N4O4S2/c1-12(27-13-7-5-4-6-8-13)16-21-22-19(23(16)2)29-11-15(24)20-17-14(9-10-28-17)18(25)26-3/h4-10,12H,11H2,1-3H3,(H,20,24). The molecule has 0 aliphatic rings. The number of aromatic nitrogens is 3. The molecule has 0 aliphatic heterocycles. The molecule has 0 aliphatic carbocycles. The van der Waals surface area contributed by atoms with Crippen LogP contribution in [0, 0.1) is 0 Å².